The van der Waals surface area contributed by atoms with E-state index in [4.69, 9.17) is 4.74 Å². The molecule has 0 saturated carbocycles. The fourth-order valence-electron chi connectivity index (χ4n) is 2.67. The standard InChI is InChI=1S/C21H23F3N2O3/c1-4-26(20(28)13-29-18-11-14(2)9-10-15(18)3)12-19(27)25-17-8-6-5-7-16(17)21(22,23)24/h5-11H,4,12-13H2,1-3H3,(H,25,27). The molecule has 8 heteroatoms. The molecule has 156 valence electrons. The maximum absolute atomic E-state index is 13.0. The minimum Gasteiger partial charge on any atom is -0.483 e. The highest BCUT2D eigenvalue weighted by atomic mass is 19.4. The van der Waals surface area contributed by atoms with Gasteiger partial charge >= 0.3 is 6.18 Å². The van der Waals surface area contributed by atoms with Crippen LogP contribution in [0.3, 0.4) is 0 Å². The molecule has 0 aliphatic heterocycles. The molecule has 0 aliphatic carbocycles. The van der Waals surface area contributed by atoms with Crippen molar-refractivity contribution in [1.29, 1.82) is 0 Å². The first-order chi connectivity index (χ1) is 13.6. The van der Waals surface area contributed by atoms with E-state index in [-0.39, 0.29) is 25.4 Å². The number of carbonyl (C=O) groups is 2. The number of nitrogens with zero attached hydrogens (tertiary/aromatic N) is 1. The molecule has 2 amide bonds. The largest absolute Gasteiger partial charge is 0.483 e. The Hall–Kier alpha value is -3.03. The Morgan fingerprint density at radius 1 is 1.10 bits per heavy atom. The molecule has 0 heterocycles. The van der Waals surface area contributed by atoms with Crippen molar-refractivity contribution in [1.82, 2.24) is 4.90 Å². The lowest BCUT2D eigenvalue weighted by atomic mass is 10.1. The van der Waals surface area contributed by atoms with Crippen molar-refractivity contribution in [2.45, 2.75) is 26.9 Å². The van der Waals surface area contributed by atoms with Crippen molar-refractivity contribution in [2.75, 3.05) is 25.0 Å². The molecule has 5 nitrogen and oxygen atoms in total. The maximum Gasteiger partial charge on any atom is 0.418 e. The van der Waals surface area contributed by atoms with Gasteiger partial charge in [0.25, 0.3) is 5.91 Å². The second kappa shape index (κ2) is 9.45. The molecule has 29 heavy (non-hydrogen) atoms. The summed E-state index contributed by atoms with van der Waals surface area (Å²) in [5.74, 6) is -0.589. The lowest BCUT2D eigenvalue weighted by molar-refractivity contribution is -0.137. The Balaban J connectivity index is 1.99. The van der Waals surface area contributed by atoms with Crippen LogP contribution in [0.5, 0.6) is 5.75 Å². The number of nitrogens with one attached hydrogen (secondary N) is 1. The number of amides is 2. The number of ether oxygens (including phenoxy) is 1. The quantitative estimate of drug-likeness (QED) is 0.748. The molecule has 0 unspecified atom stereocenters. The number of hydrogen-bond acceptors (Lipinski definition) is 3. The van der Waals surface area contributed by atoms with Gasteiger partial charge in [0.05, 0.1) is 17.8 Å². The number of aryl methyl sites for hydroxylation is 2. The minimum atomic E-state index is -4.59. The molecule has 2 aromatic rings. The van der Waals surface area contributed by atoms with Crippen molar-refractivity contribution in [3.05, 3.63) is 59.2 Å². The number of para-hydroxylation sites is 1. The van der Waals surface area contributed by atoms with Gasteiger partial charge in [-0.15, -0.1) is 0 Å². The second-order valence-electron chi connectivity index (χ2n) is 6.56. The van der Waals surface area contributed by atoms with Gasteiger partial charge < -0.3 is 15.0 Å². The maximum atomic E-state index is 13.0. The topological polar surface area (TPSA) is 58.6 Å². The van der Waals surface area contributed by atoms with Crippen LogP contribution >= 0.6 is 0 Å². The number of rotatable bonds is 7. The van der Waals surface area contributed by atoms with Crippen LogP contribution in [0.15, 0.2) is 42.5 Å². The third-order valence-corrected chi connectivity index (χ3v) is 4.27. The van der Waals surface area contributed by atoms with E-state index in [9.17, 15) is 22.8 Å². The summed E-state index contributed by atoms with van der Waals surface area (Å²) in [5.41, 5.74) is 0.558. The van der Waals surface area contributed by atoms with Gasteiger partial charge in [0.1, 0.15) is 5.75 Å². The molecule has 0 aliphatic rings. The van der Waals surface area contributed by atoms with Crippen molar-refractivity contribution in [2.24, 2.45) is 0 Å². The highest BCUT2D eigenvalue weighted by Gasteiger charge is 2.33. The van der Waals surface area contributed by atoms with Crippen LogP contribution in [0.2, 0.25) is 0 Å². The molecule has 0 fully saturated rings. The third kappa shape index (κ3) is 6.23. The van der Waals surface area contributed by atoms with Crippen LogP contribution in [0, 0.1) is 13.8 Å². The first kappa shape index (κ1) is 22.3. The molecule has 2 aromatic carbocycles. The van der Waals surface area contributed by atoms with Crippen molar-refractivity contribution < 1.29 is 27.5 Å². The Morgan fingerprint density at radius 2 is 1.79 bits per heavy atom. The van der Waals surface area contributed by atoms with Gasteiger partial charge in [-0.1, -0.05) is 24.3 Å². The lowest BCUT2D eigenvalue weighted by Crippen LogP contribution is -2.40. The number of hydrogen-bond donors (Lipinski definition) is 1. The van der Waals surface area contributed by atoms with E-state index < -0.39 is 23.6 Å². The second-order valence-corrected chi connectivity index (χ2v) is 6.56. The Morgan fingerprint density at radius 3 is 2.45 bits per heavy atom. The molecule has 1 N–H and O–H groups in total. The molecule has 0 atom stereocenters. The highest BCUT2D eigenvalue weighted by Crippen LogP contribution is 2.34. The van der Waals surface area contributed by atoms with Gasteiger partial charge in [-0.25, -0.2) is 0 Å². The Kier molecular flexibility index (Phi) is 7.25. The molecular weight excluding hydrogens is 385 g/mol. The van der Waals surface area contributed by atoms with Gasteiger partial charge in [-0.2, -0.15) is 13.2 Å². The predicted octanol–water partition coefficient (Wildman–Crippen LogP) is 4.19. The first-order valence-electron chi connectivity index (χ1n) is 9.05. The number of benzene rings is 2. The monoisotopic (exact) mass is 408 g/mol. The minimum absolute atomic E-state index is 0.212. The average Bonchev–Trinajstić information content (AvgIpc) is 2.66. The molecule has 0 radical (unpaired) electrons. The Bertz CT molecular complexity index is 882. The number of halogens is 3. The zero-order chi connectivity index (χ0) is 21.6. The molecule has 0 bridgehead atoms. The lowest BCUT2D eigenvalue weighted by Gasteiger charge is -2.21. The fourth-order valence-corrected chi connectivity index (χ4v) is 2.67. The van der Waals surface area contributed by atoms with Gasteiger partial charge in [0.2, 0.25) is 5.91 Å². The number of carbonyl (C=O) groups excluding carboxylic acids is 2. The highest BCUT2D eigenvalue weighted by molar-refractivity contribution is 5.95. The number of alkyl halides is 3. The van der Waals surface area contributed by atoms with Crippen LogP contribution < -0.4 is 10.1 Å². The van der Waals surface area contributed by atoms with E-state index in [0.717, 1.165) is 17.2 Å². The van der Waals surface area contributed by atoms with E-state index in [1.165, 1.54) is 23.1 Å². The van der Waals surface area contributed by atoms with E-state index >= 15 is 0 Å². The summed E-state index contributed by atoms with van der Waals surface area (Å²) in [6, 6.07) is 10.3. The van der Waals surface area contributed by atoms with Crippen molar-refractivity contribution in [3.63, 3.8) is 0 Å². The number of anilines is 1. The molecule has 0 spiro atoms. The number of likely N-dealkylation sites (N-methyl/N-ethyl adjacent to an activating group) is 1. The molecule has 0 saturated heterocycles. The normalized spacial score (nSPS) is 11.1. The van der Waals surface area contributed by atoms with Crippen LogP contribution in [0.25, 0.3) is 0 Å². The zero-order valence-corrected chi connectivity index (χ0v) is 16.5. The summed E-state index contributed by atoms with van der Waals surface area (Å²) >= 11 is 0. The molecule has 2 rings (SSSR count). The summed E-state index contributed by atoms with van der Waals surface area (Å²) in [4.78, 5) is 25.8. The van der Waals surface area contributed by atoms with Crippen LogP contribution in [0.1, 0.15) is 23.6 Å². The molecule has 0 aromatic heterocycles. The van der Waals surface area contributed by atoms with E-state index in [2.05, 4.69) is 5.32 Å². The van der Waals surface area contributed by atoms with Gasteiger partial charge in [-0.3, -0.25) is 9.59 Å². The van der Waals surface area contributed by atoms with Gasteiger partial charge in [0.15, 0.2) is 6.61 Å². The first-order valence-corrected chi connectivity index (χ1v) is 9.05. The van der Waals surface area contributed by atoms with Crippen molar-refractivity contribution >= 4 is 17.5 Å². The fraction of sp³-hybridized carbons (Fsp3) is 0.333. The SMILES string of the molecule is CCN(CC(=O)Nc1ccccc1C(F)(F)F)C(=O)COc1cc(C)ccc1C. The Labute approximate surface area is 167 Å². The summed E-state index contributed by atoms with van der Waals surface area (Å²) in [7, 11) is 0. The average molecular weight is 408 g/mol. The van der Waals surface area contributed by atoms with Crippen LogP contribution in [-0.4, -0.2) is 36.4 Å². The summed E-state index contributed by atoms with van der Waals surface area (Å²) in [5, 5.41) is 2.23. The van der Waals surface area contributed by atoms with Crippen LogP contribution in [-0.2, 0) is 15.8 Å². The molecular formula is C21H23F3N2O3. The zero-order valence-electron chi connectivity index (χ0n) is 16.5. The van der Waals surface area contributed by atoms with Gasteiger partial charge in [0, 0.05) is 6.54 Å². The summed E-state index contributed by atoms with van der Waals surface area (Å²) < 4.78 is 44.7. The summed E-state index contributed by atoms with van der Waals surface area (Å²) in [6.07, 6.45) is -4.59. The van der Waals surface area contributed by atoms with Crippen molar-refractivity contribution in [3.8, 4) is 5.75 Å². The summed E-state index contributed by atoms with van der Waals surface area (Å²) in [6.45, 7) is 4.98. The van der Waals surface area contributed by atoms with Crippen LogP contribution in [0.4, 0.5) is 18.9 Å². The van der Waals surface area contributed by atoms with E-state index in [1.54, 1.807) is 13.0 Å². The predicted molar refractivity (Wildman–Crippen MR) is 104 cm³/mol. The smallest absolute Gasteiger partial charge is 0.418 e. The van der Waals surface area contributed by atoms with E-state index in [1.807, 2.05) is 26.0 Å². The van der Waals surface area contributed by atoms with E-state index in [0.29, 0.717) is 5.75 Å². The van der Waals surface area contributed by atoms with Gasteiger partial charge in [-0.05, 0) is 50.1 Å². The third-order valence-electron chi connectivity index (χ3n) is 4.27.